The largest absolute Gasteiger partial charge is 0.490 e. The van der Waals surface area contributed by atoms with Crippen LogP contribution in [0.4, 0.5) is 0 Å². The third-order valence-corrected chi connectivity index (χ3v) is 5.89. The van der Waals surface area contributed by atoms with Crippen LogP contribution in [0.25, 0.3) is 0 Å². The van der Waals surface area contributed by atoms with Gasteiger partial charge in [0.05, 0.1) is 19.0 Å². The first-order chi connectivity index (χ1) is 14.3. The van der Waals surface area contributed by atoms with Crippen LogP contribution in [-0.4, -0.2) is 16.6 Å². The molecule has 1 heterocycles. The van der Waals surface area contributed by atoms with Crippen molar-refractivity contribution in [3.63, 3.8) is 0 Å². The number of ether oxygens (including phenoxy) is 1. The lowest BCUT2D eigenvalue weighted by Crippen LogP contribution is -2.13. The average Bonchev–Trinajstić information content (AvgIpc) is 2.77. The maximum absolute atomic E-state index is 5.64. The van der Waals surface area contributed by atoms with Crippen molar-refractivity contribution in [3.8, 4) is 17.6 Å². The quantitative estimate of drug-likeness (QED) is 0.380. The van der Waals surface area contributed by atoms with Crippen molar-refractivity contribution in [2.45, 2.75) is 77.6 Å². The van der Waals surface area contributed by atoms with Gasteiger partial charge in [0.2, 0.25) is 5.82 Å². The molecule has 0 spiro atoms. The first-order valence-electron chi connectivity index (χ1n) is 11.3. The summed E-state index contributed by atoms with van der Waals surface area (Å²) in [5.41, 5.74) is 2.48. The van der Waals surface area contributed by atoms with E-state index in [2.05, 4.69) is 59.9 Å². The van der Waals surface area contributed by atoms with Crippen molar-refractivity contribution in [1.82, 2.24) is 9.97 Å². The van der Waals surface area contributed by atoms with Gasteiger partial charge < -0.3 is 4.74 Å². The molecule has 1 aromatic carbocycles. The monoisotopic (exact) mass is 390 g/mol. The Balaban J connectivity index is 1.51. The Morgan fingerprint density at radius 3 is 2.28 bits per heavy atom. The molecule has 0 N–H and O–H groups in total. The smallest absolute Gasteiger partial charge is 0.205 e. The number of hydrogen-bond donors (Lipinski definition) is 0. The summed E-state index contributed by atoms with van der Waals surface area (Å²) in [7, 11) is 0. The van der Waals surface area contributed by atoms with Gasteiger partial charge in [0, 0.05) is 5.56 Å². The number of unbranched alkanes of at least 4 members (excludes halogenated alkanes) is 2. The fourth-order valence-corrected chi connectivity index (χ4v) is 4.16. The molecule has 0 atom stereocenters. The minimum atomic E-state index is 0.532. The molecule has 2 aromatic rings. The zero-order valence-corrected chi connectivity index (χ0v) is 18.0. The third-order valence-electron chi connectivity index (χ3n) is 5.89. The van der Waals surface area contributed by atoms with Gasteiger partial charge in [-0.1, -0.05) is 57.6 Å². The van der Waals surface area contributed by atoms with Crippen molar-refractivity contribution in [1.29, 1.82) is 0 Å². The molecule has 3 nitrogen and oxygen atoms in total. The lowest BCUT2D eigenvalue weighted by molar-refractivity contribution is 0.304. The van der Waals surface area contributed by atoms with Gasteiger partial charge in [0.1, 0.15) is 0 Å². The summed E-state index contributed by atoms with van der Waals surface area (Å²) in [6.07, 6.45) is 15.0. The summed E-state index contributed by atoms with van der Waals surface area (Å²) in [6.45, 7) is 5.20. The van der Waals surface area contributed by atoms with E-state index in [9.17, 15) is 0 Å². The standard InChI is InChI=1S/C26H34N2O/c1-3-5-6-18-29-25-19-27-26(28-20-25)17-12-22-10-15-24(16-11-22)23-13-8-21(7-4-2)9-14-23/h10-11,15-16,19-21,23H,3-9,13-14,18H2,1-2H3. The predicted molar refractivity (Wildman–Crippen MR) is 119 cm³/mol. The van der Waals surface area contributed by atoms with Crippen LogP contribution < -0.4 is 4.74 Å². The van der Waals surface area contributed by atoms with Gasteiger partial charge in [-0.2, -0.15) is 0 Å². The summed E-state index contributed by atoms with van der Waals surface area (Å²) >= 11 is 0. The molecule has 0 saturated heterocycles. The molecular weight excluding hydrogens is 356 g/mol. The van der Waals surface area contributed by atoms with E-state index in [-0.39, 0.29) is 0 Å². The van der Waals surface area contributed by atoms with Crippen molar-refractivity contribution in [3.05, 3.63) is 53.6 Å². The van der Waals surface area contributed by atoms with Crippen molar-refractivity contribution >= 4 is 0 Å². The number of aromatic nitrogens is 2. The van der Waals surface area contributed by atoms with Crippen LogP contribution in [0.5, 0.6) is 5.75 Å². The van der Waals surface area contributed by atoms with Crippen LogP contribution >= 0.6 is 0 Å². The second-order valence-electron chi connectivity index (χ2n) is 8.18. The fourth-order valence-electron chi connectivity index (χ4n) is 4.16. The van der Waals surface area contributed by atoms with E-state index in [0.717, 1.165) is 30.4 Å². The Hall–Kier alpha value is -2.34. The molecule has 1 aromatic heterocycles. The Morgan fingerprint density at radius 1 is 0.897 bits per heavy atom. The third kappa shape index (κ3) is 6.89. The summed E-state index contributed by atoms with van der Waals surface area (Å²) in [5.74, 6) is 9.15. The zero-order chi connectivity index (χ0) is 20.3. The molecule has 0 aliphatic heterocycles. The average molecular weight is 391 g/mol. The van der Waals surface area contributed by atoms with Crippen molar-refractivity contribution < 1.29 is 4.74 Å². The van der Waals surface area contributed by atoms with Crippen LogP contribution in [0.15, 0.2) is 36.7 Å². The summed E-state index contributed by atoms with van der Waals surface area (Å²) in [4.78, 5) is 8.59. The second kappa shape index (κ2) is 11.6. The summed E-state index contributed by atoms with van der Waals surface area (Å²) in [6, 6.07) is 8.77. The van der Waals surface area contributed by atoms with E-state index in [1.165, 1.54) is 56.9 Å². The van der Waals surface area contributed by atoms with Gasteiger partial charge in [0.25, 0.3) is 0 Å². The molecule has 1 fully saturated rings. The first-order valence-corrected chi connectivity index (χ1v) is 11.3. The first kappa shape index (κ1) is 21.4. The van der Waals surface area contributed by atoms with Crippen molar-refractivity contribution in [2.24, 2.45) is 5.92 Å². The number of nitrogens with zero attached hydrogens (tertiary/aromatic N) is 2. The van der Waals surface area contributed by atoms with E-state index in [1.54, 1.807) is 12.4 Å². The van der Waals surface area contributed by atoms with E-state index >= 15 is 0 Å². The minimum Gasteiger partial charge on any atom is -0.490 e. The Kier molecular flexibility index (Phi) is 8.56. The van der Waals surface area contributed by atoms with Crippen molar-refractivity contribution in [2.75, 3.05) is 6.61 Å². The van der Waals surface area contributed by atoms with Crippen LogP contribution in [0, 0.1) is 17.8 Å². The van der Waals surface area contributed by atoms with E-state index < -0.39 is 0 Å². The van der Waals surface area contributed by atoms with E-state index in [4.69, 9.17) is 4.74 Å². The molecular formula is C26H34N2O. The molecule has 1 aliphatic rings. The minimum absolute atomic E-state index is 0.532. The molecule has 1 saturated carbocycles. The maximum atomic E-state index is 5.64. The topological polar surface area (TPSA) is 35.0 Å². The highest BCUT2D eigenvalue weighted by Crippen LogP contribution is 2.37. The van der Waals surface area contributed by atoms with Crippen LogP contribution in [0.2, 0.25) is 0 Å². The van der Waals surface area contributed by atoms with Gasteiger partial charge in [0.15, 0.2) is 5.75 Å². The lowest BCUT2D eigenvalue weighted by Gasteiger charge is -2.28. The zero-order valence-electron chi connectivity index (χ0n) is 18.0. The number of hydrogen-bond acceptors (Lipinski definition) is 3. The Morgan fingerprint density at radius 2 is 1.62 bits per heavy atom. The Labute approximate surface area is 176 Å². The highest BCUT2D eigenvalue weighted by molar-refractivity contribution is 5.40. The summed E-state index contributed by atoms with van der Waals surface area (Å²) in [5, 5.41) is 0. The maximum Gasteiger partial charge on any atom is 0.205 e. The highest BCUT2D eigenvalue weighted by atomic mass is 16.5. The van der Waals surface area contributed by atoms with Gasteiger partial charge in [-0.25, -0.2) is 9.97 Å². The molecule has 0 amide bonds. The molecule has 1 aliphatic carbocycles. The van der Waals surface area contributed by atoms with Gasteiger partial charge in [-0.15, -0.1) is 0 Å². The SMILES string of the molecule is CCCCCOc1cnc(C#Cc2ccc(C3CCC(CCC)CC3)cc2)nc1. The highest BCUT2D eigenvalue weighted by Gasteiger charge is 2.21. The Bertz CT molecular complexity index is 778. The lowest BCUT2D eigenvalue weighted by atomic mass is 9.77. The summed E-state index contributed by atoms with van der Waals surface area (Å²) < 4.78 is 5.64. The van der Waals surface area contributed by atoms with Crippen LogP contribution in [0.3, 0.4) is 0 Å². The molecule has 29 heavy (non-hydrogen) atoms. The van der Waals surface area contributed by atoms with E-state index in [1.807, 2.05) is 0 Å². The van der Waals surface area contributed by atoms with Gasteiger partial charge in [-0.05, 0) is 67.6 Å². The molecule has 3 rings (SSSR count). The number of benzene rings is 1. The second-order valence-corrected chi connectivity index (χ2v) is 8.18. The molecule has 0 radical (unpaired) electrons. The molecule has 0 bridgehead atoms. The fraction of sp³-hybridized carbons (Fsp3) is 0.538. The number of rotatable bonds is 8. The molecule has 3 heteroatoms. The van der Waals surface area contributed by atoms with Gasteiger partial charge >= 0.3 is 0 Å². The van der Waals surface area contributed by atoms with Crippen LogP contribution in [-0.2, 0) is 0 Å². The molecule has 0 unspecified atom stereocenters. The predicted octanol–water partition coefficient (Wildman–Crippen LogP) is 6.52. The molecule has 154 valence electrons. The van der Waals surface area contributed by atoms with E-state index in [0.29, 0.717) is 11.6 Å². The van der Waals surface area contributed by atoms with Gasteiger partial charge in [-0.3, -0.25) is 0 Å². The normalized spacial score (nSPS) is 18.7. The van der Waals surface area contributed by atoms with Crippen LogP contribution in [0.1, 0.15) is 94.5 Å².